The number of benzene rings is 2. The molecule has 1 aliphatic carbocycles. The summed E-state index contributed by atoms with van der Waals surface area (Å²) in [5.74, 6) is -1.39. The molecular weight excluding hydrogens is 602 g/mol. The molecule has 1 aliphatic rings. The van der Waals surface area contributed by atoms with Gasteiger partial charge in [0.05, 0.1) is 16.8 Å². The van der Waals surface area contributed by atoms with Crippen molar-refractivity contribution >= 4 is 11.9 Å². The molecule has 0 bridgehead atoms. The molecule has 0 aliphatic heterocycles. The number of nitrogens with one attached hydrogen (secondary N) is 1. The van der Waals surface area contributed by atoms with Crippen molar-refractivity contribution in [3.63, 3.8) is 0 Å². The fourth-order valence-corrected chi connectivity index (χ4v) is 5.20. The summed E-state index contributed by atoms with van der Waals surface area (Å²) in [5, 5.41) is 6.28. The number of nitrogens with zero attached hydrogens (tertiary/aromatic N) is 3. The second kappa shape index (κ2) is 12.7. The summed E-state index contributed by atoms with van der Waals surface area (Å²) in [6, 6.07) is 14.2. The van der Waals surface area contributed by atoms with Crippen LogP contribution in [0.15, 0.2) is 73.1 Å². The smallest absolute Gasteiger partial charge is 0.435 e. The molecule has 5 rings (SSSR count). The number of rotatable bonds is 10. The normalized spacial score (nSPS) is 14.9. The standard InChI is InChI=1S/C34H35F4N5O3/c1-32(2,3)46-31(45)41-19-22-6-4-8-25(16-22)43-28(18-29(42-43)34(36,37)38)30(44)26-17-23(11-12-27(26)35)33(39,14-13-21-9-10-21)24-7-5-15-40-20-24/h4-8,11-12,15-18,20-21H,9-10,13-14,19,39H2,1-3H3,(H,41,45). The monoisotopic (exact) mass is 637 g/mol. The van der Waals surface area contributed by atoms with Crippen molar-refractivity contribution in [2.75, 3.05) is 0 Å². The Morgan fingerprint density at radius 2 is 1.78 bits per heavy atom. The van der Waals surface area contributed by atoms with E-state index in [1.807, 2.05) is 0 Å². The molecule has 3 N–H and O–H groups in total. The van der Waals surface area contributed by atoms with E-state index < -0.39 is 52.0 Å². The molecule has 1 saturated carbocycles. The third-order valence-electron chi connectivity index (χ3n) is 7.77. The lowest BCUT2D eigenvalue weighted by molar-refractivity contribution is -0.141. The van der Waals surface area contributed by atoms with Gasteiger partial charge < -0.3 is 15.8 Å². The van der Waals surface area contributed by atoms with Gasteiger partial charge >= 0.3 is 12.3 Å². The summed E-state index contributed by atoms with van der Waals surface area (Å²) < 4.78 is 63.1. The molecule has 0 saturated heterocycles. The Bertz CT molecular complexity index is 1730. The van der Waals surface area contributed by atoms with Crippen molar-refractivity contribution in [3.8, 4) is 5.69 Å². The molecule has 46 heavy (non-hydrogen) atoms. The van der Waals surface area contributed by atoms with Crippen molar-refractivity contribution in [1.82, 2.24) is 20.1 Å². The maximum atomic E-state index is 15.4. The van der Waals surface area contributed by atoms with E-state index in [-0.39, 0.29) is 12.2 Å². The highest BCUT2D eigenvalue weighted by Gasteiger charge is 2.38. The lowest BCUT2D eigenvalue weighted by Gasteiger charge is -2.31. The molecule has 2 aromatic carbocycles. The number of pyridine rings is 1. The molecule has 0 spiro atoms. The first-order valence-corrected chi connectivity index (χ1v) is 14.9. The number of halogens is 4. The Morgan fingerprint density at radius 3 is 2.43 bits per heavy atom. The minimum absolute atomic E-state index is 0.0100. The summed E-state index contributed by atoms with van der Waals surface area (Å²) >= 11 is 0. The van der Waals surface area contributed by atoms with E-state index in [1.165, 1.54) is 24.3 Å². The third-order valence-corrected chi connectivity index (χ3v) is 7.77. The topological polar surface area (TPSA) is 112 Å². The van der Waals surface area contributed by atoms with Crippen LogP contribution in [0.5, 0.6) is 0 Å². The van der Waals surface area contributed by atoms with E-state index in [1.54, 1.807) is 57.4 Å². The lowest BCUT2D eigenvalue weighted by atomic mass is 9.79. The number of ketones is 1. The van der Waals surface area contributed by atoms with Crippen molar-refractivity contribution in [1.29, 1.82) is 0 Å². The van der Waals surface area contributed by atoms with Gasteiger partial charge in [-0.05, 0) is 86.6 Å². The predicted octanol–water partition coefficient (Wildman–Crippen LogP) is 7.07. The number of nitrogens with two attached hydrogens (primary N) is 1. The summed E-state index contributed by atoms with van der Waals surface area (Å²) in [6.07, 6.45) is 1.17. The summed E-state index contributed by atoms with van der Waals surface area (Å²) in [7, 11) is 0. The van der Waals surface area contributed by atoms with Gasteiger partial charge in [-0.15, -0.1) is 0 Å². The molecule has 1 amide bonds. The number of hydrogen-bond acceptors (Lipinski definition) is 6. The fraction of sp³-hybridized carbons (Fsp3) is 0.353. The van der Waals surface area contributed by atoms with Crippen LogP contribution in [0.4, 0.5) is 22.4 Å². The molecule has 4 aromatic rings. The summed E-state index contributed by atoms with van der Waals surface area (Å²) in [4.78, 5) is 30.3. The van der Waals surface area contributed by atoms with Crippen LogP contribution >= 0.6 is 0 Å². The first-order valence-electron chi connectivity index (χ1n) is 14.9. The number of carbonyl (C=O) groups excluding carboxylic acids is 2. The van der Waals surface area contributed by atoms with Gasteiger partial charge in [-0.25, -0.2) is 13.9 Å². The second-order valence-corrected chi connectivity index (χ2v) is 12.6. The van der Waals surface area contributed by atoms with Crippen LogP contribution in [0, 0.1) is 11.7 Å². The minimum Gasteiger partial charge on any atom is -0.444 e. The van der Waals surface area contributed by atoms with E-state index in [0.717, 1.165) is 30.0 Å². The zero-order chi connectivity index (χ0) is 33.3. The Kier molecular flexibility index (Phi) is 9.03. The Labute approximate surface area is 264 Å². The highest BCUT2D eigenvalue weighted by Crippen LogP contribution is 2.40. The first kappa shape index (κ1) is 32.8. The van der Waals surface area contributed by atoms with Crippen molar-refractivity contribution in [2.45, 2.75) is 70.3 Å². The average molecular weight is 638 g/mol. The van der Waals surface area contributed by atoms with Crippen LogP contribution < -0.4 is 11.1 Å². The number of hydrogen-bond donors (Lipinski definition) is 2. The van der Waals surface area contributed by atoms with E-state index in [9.17, 15) is 22.8 Å². The third kappa shape index (κ3) is 7.61. The van der Waals surface area contributed by atoms with E-state index in [2.05, 4.69) is 15.4 Å². The van der Waals surface area contributed by atoms with Gasteiger partial charge in [0.15, 0.2) is 5.69 Å². The molecule has 0 radical (unpaired) electrons. The number of aromatic nitrogens is 3. The molecular formula is C34H35F4N5O3. The molecule has 2 aromatic heterocycles. The predicted molar refractivity (Wildman–Crippen MR) is 163 cm³/mol. The minimum atomic E-state index is -4.88. The Hall–Kier alpha value is -4.58. The van der Waals surface area contributed by atoms with Crippen molar-refractivity contribution < 1.29 is 31.9 Å². The van der Waals surface area contributed by atoms with Crippen molar-refractivity contribution in [3.05, 3.63) is 113 Å². The largest absolute Gasteiger partial charge is 0.444 e. The zero-order valence-corrected chi connectivity index (χ0v) is 25.7. The van der Waals surface area contributed by atoms with E-state index in [4.69, 9.17) is 10.5 Å². The van der Waals surface area contributed by atoms with E-state index >= 15 is 4.39 Å². The average Bonchev–Trinajstić information content (AvgIpc) is 3.72. The molecule has 8 nitrogen and oxygen atoms in total. The maximum absolute atomic E-state index is 15.4. The van der Waals surface area contributed by atoms with Crippen LogP contribution in [-0.2, 0) is 23.0 Å². The van der Waals surface area contributed by atoms with Crippen LogP contribution in [0.25, 0.3) is 5.69 Å². The highest BCUT2D eigenvalue weighted by atomic mass is 19.4. The van der Waals surface area contributed by atoms with Gasteiger partial charge in [0.25, 0.3) is 0 Å². The Balaban J connectivity index is 1.52. The zero-order valence-electron chi connectivity index (χ0n) is 25.7. The quantitative estimate of drug-likeness (QED) is 0.142. The van der Waals surface area contributed by atoms with Crippen molar-refractivity contribution in [2.24, 2.45) is 11.7 Å². The SMILES string of the molecule is CC(C)(C)OC(=O)NCc1cccc(-n2nc(C(F)(F)F)cc2C(=O)c2cc(C(N)(CCC3CC3)c3cccnc3)ccc2F)c1. The number of alkyl carbamates (subject to hydrolysis) is 1. The van der Waals surface area contributed by atoms with Gasteiger partial charge in [0, 0.05) is 25.0 Å². The van der Waals surface area contributed by atoms with Crippen LogP contribution in [0.1, 0.15) is 84.9 Å². The summed E-state index contributed by atoms with van der Waals surface area (Å²) in [6.45, 7) is 5.12. The molecule has 1 unspecified atom stereocenters. The second-order valence-electron chi connectivity index (χ2n) is 12.6. The maximum Gasteiger partial charge on any atom is 0.435 e. The Morgan fingerprint density at radius 1 is 1.02 bits per heavy atom. The van der Waals surface area contributed by atoms with Gasteiger partial charge in [-0.2, -0.15) is 18.3 Å². The van der Waals surface area contributed by atoms with Gasteiger partial charge in [-0.1, -0.05) is 37.1 Å². The molecule has 242 valence electrons. The molecule has 12 heteroatoms. The molecule has 1 atom stereocenters. The van der Waals surface area contributed by atoms with Crippen LogP contribution in [0.2, 0.25) is 0 Å². The number of alkyl halides is 3. The summed E-state index contributed by atoms with van der Waals surface area (Å²) in [5.41, 5.74) is 4.57. The fourth-order valence-electron chi connectivity index (χ4n) is 5.20. The van der Waals surface area contributed by atoms with Crippen LogP contribution in [0.3, 0.4) is 0 Å². The number of ether oxygens (including phenoxy) is 1. The highest BCUT2D eigenvalue weighted by molar-refractivity contribution is 6.08. The van der Waals surface area contributed by atoms with Gasteiger partial charge in [-0.3, -0.25) is 9.78 Å². The lowest BCUT2D eigenvalue weighted by Crippen LogP contribution is -2.38. The molecule has 2 heterocycles. The van der Waals surface area contributed by atoms with Crippen LogP contribution in [-0.4, -0.2) is 32.2 Å². The van der Waals surface area contributed by atoms with E-state index in [0.29, 0.717) is 35.1 Å². The van der Waals surface area contributed by atoms with Gasteiger partial charge in [0.1, 0.15) is 17.1 Å². The number of amides is 1. The van der Waals surface area contributed by atoms with Gasteiger partial charge in [0.2, 0.25) is 5.78 Å². The number of carbonyl (C=O) groups is 2. The first-order chi connectivity index (χ1) is 21.6. The molecule has 1 fully saturated rings.